The van der Waals surface area contributed by atoms with Crippen molar-refractivity contribution >= 4 is 56.5 Å². The van der Waals surface area contributed by atoms with Crippen LogP contribution >= 0.6 is 0 Å². The molecule has 55 heavy (non-hydrogen) atoms. The Kier molecular flexibility index (Phi) is 11.4. The number of benzene rings is 4. The van der Waals surface area contributed by atoms with E-state index in [4.69, 9.17) is 0 Å². The van der Waals surface area contributed by atoms with E-state index in [0.29, 0.717) is 46.5 Å². The molecule has 4 aromatic carbocycles. The normalized spacial score (nSPS) is 13.7. The number of amides is 4. The molecule has 6 aromatic rings. The molecule has 11 heteroatoms. The number of fused-ring (bicyclic) bond motifs is 2. The van der Waals surface area contributed by atoms with Gasteiger partial charge < -0.3 is 26.5 Å². The molecule has 0 saturated heterocycles. The lowest BCUT2D eigenvalue weighted by Gasteiger charge is -2.25. The maximum atomic E-state index is 12.9. The van der Waals surface area contributed by atoms with Gasteiger partial charge in [0.05, 0.1) is 5.69 Å². The first-order chi connectivity index (χ1) is 26.9. The fourth-order valence-corrected chi connectivity index (χ4v) is 6.76. The summed E-state index contributed by atoms with van der Waals surface area (Å²) in [7, 11) is 0. The average molecular weight is 735 g/mol. The third kappa shape index (κ3) is 8.62. The maximum Gasteiger partial charge on any atom is 0.319 e. The van der Waals surface area contributed by atoms with Gasteiger partial charge in [-0.05, 0) is 89.4 Å². The van der Waals surface area contributed by atoms with Gasteiger partial charge in [-0.1, -0.05) is 85.6 Å². The molecule has 0 bridgehead atoms. The lowest BCUT2D eigenvalue weighted by atomic mass is 9.85. The second kappa shape index (κ2) is 17.0. The molecule has 2 aromatic heterocycles. The summed E-state index contributed by atoms with van der Waals surface area (Å²) in [4.78, 5) is 55.0. The van der Waals surface area contributed by atoms with Crippen LogP contribution in [0.25, 0.3) is 21.5 Å². The highest BCUT2D eigenvalue weighted by molar-refractivity contribution is 6.15. The van der Waals surface area contributed by atoms with Crippen molar-refractivity contribution in [2.75, 3.05) is 23.7 Å². The van der Waals surface area contributed by atoms with Gasteiger partial charge in [0.1, 0.15) is 5.69 Å². The molecule has 2 aliphatic rings. The Labute approximate surface area is 318 Å². The average Bonchev–Trinajstić information content (AvgIpc) is 3.16. The smallest absolute Gasteiger partial charge is 0.319 e. The summed E-state index contributed by atoms with van der Waals surface area (Å²) in [5.41, 5.74) is 1.81. The summed E-state index contributed by atoms with van der Waals surface area (Å²) < 4.78 is 0.495. The number of carbonyl (C=O) groups excluding carboxylic acids is 4. The summed E-state index contributed by atoms with van der Waals surface area (Å²) in [5, 5.41) is 27.2. The Morgan fingerprint density at radius 3 is 1.65 bits per heavy atom. The number of carbonyl (C=O) groups is 4. The van der Waals surface area contributed by atoms with Crippen LogP contribution in [0.3, 0.4) is 0 Å². The van der Waals surface area contributed by atoms with Crippen LogP contribution in [-0.4, -0.2) is 41.7 Å². The summed E-state index contributed by atoms with van der Waals surface area (Å²) in [6, 6.07) is 32.9. The van der Waals surface area contributed by atoms with Gasteiger partial charge in [-0.2, -0.15) is 4.73 Å². The number of pyridine rings is 2. The van der Waals surface area contributed by atoms with Gasteiger partial charge in [0.25, 0.3) is 17.7 Å². The Morgan fingerprint density at radius 1 is 0.582 bits per heavy atom. The van der Waals surface area contributed by atoms with E-state index in [-0.39, 0.29) is 34.8 Å². The van der Waals surface area contributed by atoms with Crippen molar-refractivity contribution < 1.29 is 23.9 Å². The van der Waals surface area contributed by atoms with Crippen LogP contribution in [0.15, 0.2) is 122 Å². The standard InChI is InChI=1S/C22H21N3O3.C22H21N3O2/c26-21(18-11-4-9-16-8-1-2-10-17(16)18)24-19-12-5-13-25(28)20(19)22(27)23-14-15-6-3-7-15;26-21(18-11-4-9-16-8-1-2-10-17(16)18)25-19-12-5-13-23-20(19)22(27)24-14-15-6-3-7-15/h1-2,4-5,8-13,15H,3,6-7,14H2,(H,23,27)(H,24,26);1-2,4-5,8-13,15H,3,6-7,14H2,(H,24,27)(H,25,26). The summed E-state index contributed by atoms with van der Waals surface area (Å²) >= 11 is 0. The molecule has 2 aliphatic carbocycles. The first-order valence-electron chi connectivity index (χ1n) is 18.7. The van der Waals surface area contributed by atoms with Gasteiger partial charge in [-0.3, -0.25) is 19.2 Å². The highest BCUT2D eigenvalue weighted by atomic mass is 16.5. The van der Waals surface area contributed by atoms with Crippen molar-refractivity contribution in [3.8, 4) is 0 Å². The third-order valence-corrected chi connectivity index (χ3v) is 10.3. The number of hydrogen-bond donors (Lipinski definition) is 4. The number of aromatic nitrogens is 2. The molecule has 0 spiro atoms. The molecule has 2 fully saturated rings. The Morgan fingerprint density at radius 2 is 1.09 bits per heavy atom. The fraction of sp³-hybridized carbons (Fsp3) is 0.227. The predicted octanol–water partition coefficient (Wildman–Crippen LogP) is 7.27. The zero-order chi connectivity index (χ0) is 38.1. The number of nitrogens with zero attached hydrogens (tertiary/aromatic N) is 2. The predicted molar refractivity (Wildman–Crippen MR) is 213 cm³/mol. The highest BCUT2D eigenvalue weighted by Crippen LogP contribution is 2.27. The lowest BCUT2D eigenvalue weighted by molar-refractivity contribution is -0.607. The van der Waals surface area contributed by atoms with Gasteiger partial charge in [-0.15, -0.1) is 0 Å². The fourth-order valence-electron chi connectivity index (χ4n) is 6.76. The minimum atomic E-state index is -0.476. The zero-order valence-electron chi connectivity index (χ0n) is 30.3. The first-order valence-corrected chi connectivity index (χ1v) is 18.7. The quantitative estimate of drug-likeness (QED) is 0.0857. The monoisotopic (exact) mass is 734 g/mol. The largest absolute Gasteiger partial charge is 0.618 e. The van der Waals surface area contributed by atoms with Crippen molar-refractivity contribution in [2.24, 2.45) is 11.8 Å². The second-order valence-electron chi connectivity index (χ2n) is 14.0. The van der Waals surface area contributed by atoms with E-state index in [9.17, 15) is 24.4 Å². The first kappa shape index (κ1) is 36.7. The molecule has 8 rings (SSSR count). The molecule has 2 saturated carbocycles. The minimum Gasteiger partial charge on any atom is -0.618 e. The summed E-state index contributed by atoms with van der Waals surface area (Å²) in [5.74, 6) is -0.316. The summed E-state index contributed by atoms with van der Waals surface area (Å²) in [6.45, 7) is 1.20. The molecule has 0 aliphatic heterocycles. The van der Waals surface area contributed by atoms with Crippen molar-refractivity contribution in [3.63, 3.8) is 0 Å². The molecule has 2 heterocycles. The van der Waals surface area contributed by atoms with Crippen LogP contribution in [0.2, 0.25) is 0 Å². The number of rotatable bonds is 10. The third-order valence-electron chi connectivity index (χ3n) is 10.3. The van der Waals surface area contributed by atoms with E-state index in [2.05, 4.69) is 26.3 Å². The van der Waals surface area contributed by atoms with Gasteiger partial charge in [0.15, 0.2) is 11.9 Å². The lowest BCUT2D eigenvalue weighted by Crippen LogP contribution is -2.42. The minimum absolute atomic E-state index is 0.101. The van der Waals surface area contributed by atoms with Crippen molar-refractivity contribution in [2.45, 2.75) is 38.5 Å². The van der Waals surface area contributed by atoms with Crippen LogP contribution in [0.4, 0.5) is 11.4 Å². The van der Waals surface area contributed by atoms with E-state index in [1.165, 1.54) is 25.1 Å². The van der Waals surface area contributed by atoms with Crippen LogP contribution in [0.5, 0.6) is 0 Å². The van der Waals surface area contributed by atoms with Crippen LogP contribution in [-0.2, 0) is 0 Å². The van der Waals surface area contributed by atoms with Gasteiger partial charge in [0, 0.05) is 36.5 Å². The molecule has 4 N–H and O–H groups in total. The Bertz CT molecular complexity index is 2360. The van der Waals surface area contributed by atoms with Gasteiger partial charge in [0.2, 0.25) is 0 Å². The van der Waals surface area contributed by atoms with Crippen molar-refractivity contribution in [1.82, 2.24) is 15.6 Å². The maximum absolute atomic E-state index is 12.9. The van der Waals surface area contributed by atoms with Crippen LogP contribution in [0.1, 0.15) is 80.2 Å². The second-order valence-corrected chi connectivity index (χ2v) is 14.0. The van der Waals surface area contributed by atoms with Crippen LogP contribution in [0, 0.1) is 17.0 Å². The van der Waals surface area contributed by atoms with Crippen LogP contribution < -0.4 is 26.0 Å². The van der Waals surface area contributed by atoms with Gasteiger partial charge in [-0.25, -0.2) is 4.98 Å². The number of anilines is 2. The van der Waals surface area contributed by atoms with Crippen molar-refractivity contribution in [3.05, 3.63) is 149 Å². The zero-order valence-corrected chi connectivity index (χ0v) is 30.3. The molecule has 11 nitrogen and oxygen atoms in total. The molecule has 4 amide bonds. The Hall–Kier alpha value is -6.62. The van der Waals surface area contributed by atoms with E-state index >= 15 is 0 Å². The number of hydrogen-bond acceptors (Lipinski definition) is 6. The van der Waals surface area contributed by atoms with Crippen molar-refractivity contribution in [1.29, 1.82) is 0 Å². The van der Waals surface area contributed by atoms with E-state index < -0.39 is 5.91 Å². The topological polar surface area (TPSA) is 156 Å². The van der Waals surface area contributed by atoms with Gasteiger partial charge >= 0.3 is 11.6 Å². The molecule has 0 radical (unpaired) electrons. The molecule has 0 unspecified atom stereocenters. The molecular formula is C44H42N6O5. The van der Waals surface area contributed by atoms with E-state index in [1.54, 1.807) is 36.5 Å². The van der Waals surface area contributed by atoms with E-state index in [0.717, 1.165) is 47.2 Å². The molecular weight excluding hydrogens is 693 g/mol. The molecule has 0 atom stereocenters. The highest BCUT2D eigenvalue weighted by Gasteiger charge is 2.26. The Balaban J connectivity index is 0.000000169. The SMILES string of the molecule is O=C(NCC1CCC1)c1ncccc1NC(=O)c1cccc2ccccc12.O=C(Nc1ccc[n+]([O-])c1C(=O)NCC1CCC1)c1cccc2ccccc12. The summed E-state index contributed by atoms with van der Waals surface area (Å²) in [6.07, 6.45) is 9.74. The molecule has 278 valence electrons. The number of nitrogens with one attached hydrogen (secondary N) is 4. The van der Waals surface area contributed by atoms with E-state index in [1.807, 2.05) is 72.8 Å².